The molecule has 2 aliphatic heterocycles. The minimum absolute atomic E-state index is 0.128. The number of nitrogens with zero attached hydrogens (tertiary/aromatic N) is 3. The monoisotopic (exact) mass is 678 g/mol. The molecular weight excluding hydrogens is 635 g/mol. The standard InChI is InChI=1S/C33H44Cl2N4O5S/c1-3-27(21-37(2)45(42,43)28-11-12-28)39-31(23-7-9-25(34)10-8-23)29(24-5-4-6-26(35)19-24)20-33(32(39)41,30(36)22-40)13-14-38-15-17-44-18-16-38/h4-10,19,22,27-31H,3,11-18,20-21,36H2,1-2H3/t27?,29-,30?,31-,33-/m1/s1. The van der Waals surface area contributed by atoms with E-state index >= 15 is 4.79 Å². The van der Waals surface area contributed by atoms with Gasteiger partial charge in [0.2, 0.25) is 15.9 Å². The highest BCUT2D eigenvalue weighted by molar-refractivity contribution is 7.90. The van der Waals surface area contributed by atoms with Gasteiger partial charge in [-0.15, -0.1) is 0 Å². The Kier molecular flexibility index (Phi) is 11.0. The Balaban J connectivity index is 1.65. The van der Waals surface area contributed by atoms with Crippen LogP contribution in [0.5, 0.6) is 0 Å². The van der Waals surface area contributed by atoms with E-state index in [1.54, 1.807) is 19.2 Å². The van der Waals surface area contributed by atoms with Crippen molar-refractivity contribution >= 4 is 45.4 Å². The zero-order valence-electron chi connectivity index (χ0n) is 26.0. The third kappa shape index (κ3) is 7.27. The first kappa shape index (κ1) is 34.3. The molecule has 12 heteroatoms. The number of hydrogen-bond donors (Lipinski definition) is 1. The second-order valence-electron chi connectivity index (χ2n) is 12.7. The fourth-order valence-corrected chi connectivity index (χ4v) is 9.00. The molecule has 3 fully saturated rings. The fourth-order valence-electron chi connectivity index (χ4n) is 7.05. The number of benzene rings is 2. The molecule has 0 radical (unpaired) electrons. The van der Waals surface area contributed by atoms with Crippen LogP contribution in [0.3, 0.4) is 0 Å². The summed E-state index contributed by atoms with van der Waals surface area (Å²) in [6.07, 6.45) is 3.19. The van der Waals surface area contributed by atoms with Gasteiger partial charge in [0.15, 0.2) is 0 Å². The highest BCUT2D eigenvalue weighted by Gasteiger charge is 2.56. The van der Waals surface area contributed by atoms with Crippen molar-refractivity contribution in [3.8, 4) is 0 Å². The normalized spacial score (nSPS) is 26.2. The number of rotatable bonds is 13. The molecule has 1 saturated carbocycles. The van der Waals surface area contributed by atoms with Gasteiger partial charge < -0.3 is 20.2 Å². The summed E-state index contributed by atoms with van der Waals surface area (Å²) < 4.78 is 33.5. The molecule has 0 aromatic heterocycles. The van der Waals surface area contributed by atoms with Crippen molar-refractivity contribution in [1.29, 1.82) is 0 Å². The van der Waals surface area contributed by atoms with Crippen LogP contribution in [-0.4, -0.2) is 98.5 Å². The molecular formula is C33H44Cl2N4O5S. The lowest BCUT2D eigenvalue weighted by molar-refractivity contribution is -0.160. The lowest BCUT2D eigenvalue weighted by Gasteiger charge is -2.54. The highest BCUT2D eigenvalue weighted by Crippen LogP contribution is 2.53. The number of likely N-dealkylation sites (tertiary alicyclic amines) is 1. The number of halogens is 2. The molecule has 2 heterocycles. The van der Waals surface area contributed by atoms with E-state index < -0.39 is 33.6 Å². The van der Waals surface area contributed by atoms with Gasteiger partial charge in [0.25, 0.3) is 0 Å². The number of morpholine rings is 1. The maximum Gasteiger partial charge on any atom is 0.231 e. The van der Waals surface area contributed by atoms with E-state index in [1.165, 1.54) is 4.31 Å². The van der Waals surface area contributed by atoms with Crippen LogP contribution in [0, 0.1) is 5.41 Å². The number of sulfonamides is 1. The molecule has 9 nitrogen and oxygen atoms in total. The first-order chi connectivity index (χ1) is 21.5. The first-order valence-electron chi connectivity index (χ1n) is 15.8. The second-order valence-corrected chi connectivity index (χ2v) is 15.9. The van der Waals surface area contributed by atoms with Gasteiger partial charge in [0, 0.05) is 48.7 Å². The highest BCUT2D eigenvalue weighted by atomic mass is 35.5. The van der Waals surface area contributed by atoms with E-state index in [2.05, 4.69) is 4.90 Å². The van der Waals surface area contributed by atoms with Crippen molar-refractivity contribution in [3.63, 3.8) is 0 Å². The Morgan fingerprint density at radius 2 is 1.78 bits per heavy atom. The van der Waals surface area contributed by atoms with Gasteiger partial charge in [-0.3, -0.25) is 9.69 Å². The zero-order chi connectivity index (χ0) is 32.4. The smallest absolute Gasteiger partial charge is 0.231 e. The molecule has 2 unspecified atom stereocenters. The Morgan fingerprint density at radius 1 is 1.09 bits per heavy atom. The molecule has 246 valence electrons. The number of piperidine rings is 1. The van der Waals surface area contributed by atoms with Crippen LogP contribution < -0.4 is 5.73 Å². The lowest BCUT2D eigenvalue weighted by atomic mass is 9.63. The largest absolute Gasteiger partial charge is 0.379 e. The third-order valence-electron chi connectivity index (χ3n) is 9.89. The number of carbonyl (C=O) groups is 2. The van der Waals surface area contributed by atoms with Crippen LogP contribution in [-0.2, 0) is 24.3 Å². The SMILES string of the molecule is CCC(CN(C)S(=O)(=O)C1CC1)N1C(=O)[C@@](CCN2CCOCC2)(C(N)C=O)C[C@H](c2cccc(Cl)c2)[C@H]1c1ccc(Cl)cc1. The van der Waals surface area contributed by atoms with Crippen LogP contribution in [0.25, 0.3) is 0 Å². The van der Waals surface area contributed by atoms with Gasteiger partial charge in [0.1, 0.15) is 6.29 Å². The van der Waals surface area contributed by atoms with E-state index in [0.29, 0.717) is 68.2 Å². The predicted octanol–water partition coefficient (Wildman–Crippen LogP) is 4.49. The number of ether oxygens (including phenoxy) is 1. The molecule has 0 bridgehead atoms. The van der Waals surface area contributed by atoms with Crippen LogP contribution in [0.15, 0.2) is 48.5 Å². The Labute approximate surface area is 277 Å². The molecule has 2 aromatic carbocycles. The minimum atomic E-state index is -3.50. The van der Waals surface area contributed by atoms with Gasteiger partial charge >= 0.3 is 0 Å². The molecule has 2 aromatic rings. The summed E-state index contributed by atoms with van der Waals surface area (Å²) in [4.78, 5) is 31.9. The first-order valence-corrected chi connectivity index (χ1v) is 18.1. The van der Waals surface area contributed by atoms with E-state index in [0.717, 1.165) is 24.2 Å². The molecule has 1 aliphatic carbocycles. The Morgan fingerprint density at radius 3 is 2.38 bits per heavy atom. The molecule has 5 atom stereocenters. The Hall–Kier alpha value is -2.05. The summed E-state index contributed by atoms with van der Waals surface area (Å²) in [5.41, 5.74) is 7.24. The van der Waals surface area contributed by atoms with Gasteiger partial charge in [-0.25, -0.2) is 12.7 Å². The molecule has 2 N–H and O–H groups in total. The summed E-state index contributed by atoms with van der Waals surface area (Å²) in [6, 6.07) is 13.0. The van der Waals surface area contributed by atoms with E-state index in [1.807, 2.05) is 48.2 Å². The minimum Gasteiger partial charge on any atom is -0.379 e. The summed E-state index contributed by atoms with van der Waals surface area (Å²) in [6.45, 7) is 5.35. The average Bonchev–Trinajstić information content (AvgIpc) is 3.90. The maximum absolute atomic E-state index is 15.2. The number of amides is 1. The van der Waals surface area contributed by atoms with Gasteiger partial charge in [-0.2, -0.15) is 0 Å². The number of nitrogens with two attached hydrogens (primary N) is 1. The van der Waals surface area contributed by atoms with Crippen molar-refractivity contribution < 1.29 is 22.7 Å². The number of aldehydes is 1. The zero-order valence-corrected chi connectivity index (χ0v) is 28.3. The number of hydrogen-bond acceptors (Lipinski definition) is 7. The van der Waals surface area contributed by atoms with Crippen LogP contribution >= 0.6 is 23.2 Å². The van der Waals surface area contributed by atoms with Crippen molar-refractivity contribution in [2.75, 3.05) is 46.4 Å². The summed E-state index contributed by atoms with van der Waals surface area (Å²) in [7, 11) is -1.90. The van der Waals surface area contributed by atoms with E-state index in [-0.39, 0.29) is 23.6 Å². The quantitative estimate of drug-likeness (QED) is 0.311. The Bertz CT molecular complexity index is 1450. The second kappa shape index (κ2) is 14.4. The van der Waals surface area contributed by atoms with Crippen molar-refractivity contribution in [1.82, 2.24) is 14.1 Å². The third-order valence-corrected chi connectivity index (χ3v) is 12.7. The van der Waals surface area contributed by atoms with E-state index in [9.17, 15) is 13.2 Å². The molecule has 0 spiro atoms. The fraction of sp³-hybridized carbons (Fsp3) is 0.576. The summed E-state index contributed by atoms with van der Waals surface area (Å²) in [5, 5.41) is 0.753. The molecule has 45 heavy (non-hydrogen) atoms. The van der Waals surface area contributed by atoms with Crippen molar-refractivity contribution in [3.05, 3.63) is 69.7 Å². The predicted molar refractivity (Wildman–Crippen MR) is 177 cm³/mol. The average molecular weight is 680 g/mol. The molecule has 5 rings (SSSR count). The number of likely N-dealkylation sites (N-methyl/N-ethyl adjacent to an activating group) is 1. The maximum atomic E-state index is 15.2. The summed E-state index contributed by atoms with van der Waals surface area (Å²) >= 11 is 12.9. The van der Waals surface area contributed by atoms with Crippen LogP contribution in [0.1, 0.15) is 62.1 Å². The van der Waals surface area contributed by atoms with Crippen molar-refractivity contribution in [2.45, 2.75) is 68.3 Å². The van der Waals surface area contributed by atoms with Crippen LogP contribution in [0.2, 0.25) is 10.0 Å². The molecule has 3 aliphatic rings. The molecule has 2 saturated heterocycles. The van der Waals surface area contributed by atoms with Crippen molar-refractivity contribution in [2.24, 2.45) is 11.1 Å². The lowest BCUT2D eigenvalue weighted by Crippen LogP contribution is -2.64. The van der Waals surface area contributed by atoms with Crippen LogP contribution in [0.4, 0.5) is 0 Å². The van der Waals surface area contributed by atoms with Gasteiger partial charge in [-0.1, -0.05) is 54.4 Å². The summed E-state index contributed by atoms with van der Waals surface area (Å²) in [5.74, 6) is -0.518. The van der Waals surface area contributed by atoms with Gasteiger partial charge in [0.05, 0.1) is 36.0 Å². The van der Waals surface area contributed by atoms with Gasteiger partial charge in [-0.05, 0) is 74.0 Å². The number of carbonyl (C=O) groups excluding carboxylic acids is 2. The molecule has 1 amide bonds. The topological polar surface area (TPSA) is 113 Å². The van der Waals surface area contributed by atoms with E-state index in [4.69, 9.17) is 33.7 Å².